The van der Waals surface area contributed by atoms with Crippen LogP contribution in [0.4, 0.5) is 0 Å². The third kappa shape index (κ3) is 1.49. The van der Waals surface area contributed by atoms with Crippen molar-refractivity contribution >= 4 is 6.41 Å². The number of hydrogen-bond donors (Lipinski definition) is 1. The Kier molecular flexibility index (Phi) is 2.30. The number of rotatable bonds is 2. The standard InChI is InChI=1S/C8H15NO/c1-6-3-8(9-5-10)4-7(6)2/h5-8H,3-4H2,1-2H3,(H,9,10). The molecule has 0 aliphatic heterocycles. The molecule has 0 aromatic heterocycles. The van der Waals surface area contributed by atoms with Gasteiger partial charge in [0.15, 0.2) is 0 Å². The quantitative estimate of drug-likeness (QED) is 0.574. The first-order valence-corrected chi connectivity index (χ1v) is 3.93. The summed E-state index contributed by atoms with van der Waals surface area (Å²) in [5.74, 6) is 1.55. The van der Waals surface area contributed by atoms with E-state index in [1.54, 1.807) is 0 Å². The highest BCUT2D eigenvalue weighted by Crippen LogP contribution is 2.30. The van der Waals surface area contributed by atoms with Gasteiger partial charge in [-0.05, 0) is 24.7 Å². The third-order valence-electron chi connectivity index (χ3n) is 2.59. The van der Waals surface area contributed by atoms with Gasteiger partial charge in [0.25, 0.3) is 0 Å². The molecule has 2 atom stereocenters. The molecule has 1 aliphatic rings. The topological polar surface area (TPSA) is 29.1 Å². The number of nitrogens with one attached hydrogen (secondary N) is 1. The van der Waals surface area contributed by atoms with Crippen molar-refractivity contribution in [2.75, 3.05) is 0 Å². The SMILES string of the molecule is CC1CC(NC=O)CC1C. The summed E-state index contributed by atoms with van der Waals surface area (Å²) >= 11 is 0. The first-order valence-electron chi connectivity index (χ1n) is 3.93. The molecule has 58 valence electrons. The summed E-state index contributed by atoms with van der Waals surface area (Å²) in [5.41, 5.74) is 0. The zero-order chi connectivity index (χ0) is 7.56. The van der Waals surface area contributed by atoms with Crippen molar-refractivity contribution in [2.24, 2.45) is 11.8 Å². The Bertz CT molecular complexity index is 114. The monoisotopic (exact) mass is 141 g/mol. The molecule has 0 bridgehead atoms. The fourth-order valence-electron chi connectivity index (χ4n) is 1.69. The van der Waals surface area contributed by atoms with Gasteiger partial charge in [0.2, 0.25) is 6.41 Å². The van der Waals surface area contributed by atoms with E-state index in [0.29, 0.717) is 6.04 Å². The van der Waals surface area contributed by atoms with Gasteiger partial charge in [0.05, 0.1) is 0 Å². The predicted octanol–water partition coefficient (Wildman–Crippen LogP) is 1.17. The van der Waals surface area contributed by atoms with Crippen LogP contribution < -0.4 is 5.32 Å². The highest BCUT2D eigenvalue weighted by Gasteiger charge is 2.27. The molecule has 0 heterocycles. The van der Waals surface area contributed by atoms with Crippen molar-refractivity contribution in [3.05, 3.63) is 0 Å². The van der Waals surface area contributed by atoms with Gasteiger partial charge in [-0.15, -0.1) is 0 Å². The van der Waals surface area contributed by atoms with E-state index in [1.807, 2.05) is 0 Å². The molecule has 2 nitrogen and oxygen atoms in total. The molecule has 1 fully saturated rings. The van der Waals surface area contributed by atoms with E-state index >= 15 is 0 Å². The molecule has 0 aromatic carbocycles. The summed E-state index contributed by atoms with van der Waals surface area (Å²) in [5, 5.41) is 2.82. The number of hydrogen-bond acceptors (Lipinski definition) is 1. The average molecular weight is 141 g/mol. The molecule has 0 aromatic rings. The lowest BCUT2D eigenvalue weighted by Gasteiger charge is -2.05. The second-order valence-corrected chi connectivity index (χ2v) is 3.41. The number of carbonyl (C=O) groups is 1. The van der Waals surface area contributed by atoms with E-state index in [-0.39, 0.29) is 0 Å². The van der Waals surface area contributed by atoms with Crippen LogP contribution in [-0.4, -0.2) is 12.5 Å². The molecule has 10 heavy (non-hydrogen) atoms. The van der Waals surface area contributed by atoms with Crippen LogP contribution in [0.2, 0.25) is 0 Å². The highest BCUT2D eigenvalue weighted by molar-refractivity contribution is 5.46. The van der Waals surface area contributed by atoms with Gasteiger partial charge in [0.1, 0.15) is 0 Å². The maximum absolute atomic E-state index is 10.1. The maximum atomic E-state index is 10.1. The summed E-state index contributed by atoms with van der Waals surface area (Å²) in [6, 6.07) is 0.447. The normalized spacial score (nSPS) is 39.6. The van der Waals surface area contributed by atoms with Crippen LogP contribution in [0.1, 0.15) is 26.7 Å². The third-order valence-corrected chi connectivity index (χ3v) is 2.59. The molecule has 1 amide bonds. The highest BCUT2D eigenvalue weighted by atomic mass is 16.1. The van der Waals surface area contributed by atoms with Crippen molar-refractivity contribution in [3.8, 4) is 0 Å². The second kappa shape index (κ2) is 3.04. The van der Waals surface area contributed by atoms with Gasteiger partial charge < -0.3 is 5.32 Å². The van der Waals surface area contributed by atoms with E-state index < -0.39 is 0 Å². The fourth-order valence-corrected chi connectivity index (χ4v) is 1.69. The van der Waals surface area contributed by atoms with Gasteiger partial charge in [-0.3, -0.25) is 4.79 Å². The van der Waals surface area contributed by atoms with Crippen molar-refractivity contribution in [1.29, 1.82) is 0 Å². The maximum Gasteiger partial charge on any atom is 0.207 e. The van der Waals surface area contributed by atoms with Crippen LogP contribution in [0.25, 0.3) is 0 Å². The van der Waals surface area contributed by atoms with E-state index in [4.69, 9.17) is 0 Å². The van der Waals surface area contributed by atoms with Gasteiger partial charge in [-0.25, -0.2) is 0 Å². The molecule has 2 unspecified atom stereocenters. The lowest BCUT2D eigenvalue weighted by Crippen LogP contribution is -2.24. The molecule has 1 rings (SSSR count). The van der Waals surface area contributed by atoms with Gasteiger partial charge in [0, 0.05) is 6.04 Å². The minimum atomic E-state index is 0.447. The largest absolute Gasteiger partial charge is 0.356 e. The van der Waals surface area contributed by atoms with E-state index in [1.165, 1.54) is 0 Å². The lowest BCUT2D eigenvalue weighted by atomic mass is 10.0. The van der Waals surface area contributed by atoms with Crippen LogP contribution in [-0.2, 0) is 4.79 Å². The first-order chi connectivity index (χ1) is 4.74. The molecular weight excluding hydrogens is 126 g/mol. The van der Waals surface area contributed by atoms with Crippen LogP contribution >= 0.6 is 0 Å². The Hall–Kier alpha value is -0.530. The summed E-state index contributed by atoms with van der Waals surface area (Å²) in [6.45, 7) is 4.49. The van der Waals surface area contributed by atoms with Crippen LogP contribution in [0, 0.1) is 11.8 Å². The van der Waals surface area contributed by atoms with Crippen molar-refractivity contribution < 1.29 is 4.79 Å². The minimum Gasteiger partial charge on any atom is -0.356 e. The first kappa shape index (κ1) is 7.58. The second-order valence-electron chi connectivity index (χ2n) is 3.41. The number of amides is 1. The van der Waals surface area contributed by atoms with Crippen molar-refractivity contribution in [1.82, 2.24) is 5.32 Å². The molecule has 1 N–H and O–H groups in total. The van der Waals surface area contributed by atoms with Crippen molar-refractivity contribution in [3.63, 3.8) is 0 Å². The summed E-state index contributed by atoms with van der Waals surface area (Å²) in [4.78, 5) is 10.1. The molecule has 0 saturated heterocycles. The zero-order valence-electron chi connectivity index (χ0n) is 6.63. The molecule has 1 aliphatic carbocycles. The predicted molar refractivity (Wildman–Crippen MR) is 40.5 cm³/mol. The average Bonchev–Trinajstić information content (AvgIpc) is 2.14. The van der Waals surface area contributed by atoms with Gasteiger partial charge >= 0.3 is 0 Å². The Labute approximate surface area is 62.0 Å². The molecule has 1 saturated carbocycles. The van der Waals surface area contributed by atoms with Gasteiger partial charge in [-0.1, -0.05) is 13.8 Å². The Morgan fingerprint density at radius 1 is 1.30 bits per heavy atom. The summed E-state index contributed by atoms with van der Waals surface area (Å²) in [6.07, 6.45) is 3.12. The van der Waals surface area contributed by atoms with E-state index in [2.05, 4.69) is 19.2 Å². The zero-order valence-corrected chi connectivity index (χ0v) is 6.63. The van der Waals surface area contributed by atoms with Crippen LogP contribution in [0.3, 0.4) is 0 Å². The summed E-state index contributed by atoms with van der Waals surface area (Å²) < 4.78 is 0. The Morgan fingerprint density at radius 2 is 1.80 bits per heavy atom. The molecule has 2 heteroatoms. The lowest BCUT2D eigenvalue weighted by molar-refractivity contribution is -0.110. The number of carbonyl (C=O) groups excluding carboxylic acids is 1. The van der Waals surface area contributed by atoms with Crippen LogP contribution in [0.15, 0.2) is 0 Å². The molecule has 0 radical (unpaired) electrons. The van der Waals surface area contributed by atoms with Gasteiger partial charge in [-0.2, -0.15) is 0 Å². The Morgan fingerprint density at radius 3 is 2.20 bits per heavy atom. The Balaban J connectivity index is 2.33. The molecular formula is C8H15NO. The fraction of sp³-hybridized carbons (Fsp3) is 0.875. The van der Waals surface area contributed by atoms with E-state index in [9.17, 15) is 4.79 Å². The van der Waals surface area contributed by atoms with Crippen molar-refractivity contribution in [2.45, 2.75) is 32.7 Å². The van der Waals surface area contributed by atoms with Crippen LogP contribution in [0.5, 0.6) is 0 Å². The smallest absolute Gasteiger partial charge is 0.207 e. The molecule has 0 spiro atoms. The van der Waals surface area contributed by atoms with E-state index in [0.717, 1.165) is 31.1 Å². The minimum absolute atomic E-state index is 0.447. The summed E-state index contributed by atoms with van der Waals surface area (Å²) in [7, 11) is 0.